The number of allylic oxidation sites excluding steroid dienone is 1. The van der Waals surface area contributed by atoms with E-state index in [-0.39, 0.29) is 5.92 Å². The first-order valence-electron chi connectivity index (χ1n) is 4.98. The van der Waals surface area contributed by atoms with E-state index in [0.717, 1.165) is 10.6 Å². The lowest BCUT2D eigenvalue weighted by molar-refractivity contribution is 1.05. The number of benzene rings is 1. The summed E-state index contributed by atoms with van der Waals surface area (Å²) in [5, 5.41) is 0.898. The minimum absolute atomic E-state index is 0.0983. The van der Waals surface area contributed by atoms with Crippen molar-refractivity contribution in [2.75, 3.05) is 0 Å². The molecule has 2 rings (SSSR count). The molecule has 1 heteroatoms. The van der Waals surface area contributed by atoms with Gasteiger partial charge in [0.1, 0.15) is 0 Å². The molecule has 0 saturated heterocycles. The summed E-state index contributed by atoms with van der Waals surface area (Å²) in [6.45, 7) is 7.75. The van der Waals surface area contributed by atoms with Crippen molar-refractivity contribution in [3.05, 3.63) is 53.9 Å². The molecule has 1 unspecified atom stereocenters. The Morgan fingerprint density at radius 2 is 2.14 bits per heavy atom. The van der Waals surface area contributed by atoms with Crippen LogP contribution >= 0.6 is 11.6 Å². The maximum absolute atomic E-state index is 6.33. The van der Waals surface area contributed by atoms with Crippen LogP contribution in [0.1, 0.15) is 35.8 Å². The van der Waals surface area contributed by atoms with Crippen molar-refractivity contribution < 1.29 is 0 Å². The lowest BCUT2D eigenvalue weighted by Crippen LogP contribution is -1.93. The average molecular weight is 206 g/mol. The molecule has 0 nitrogen and oxygen atoms in total. The highest BCUT2D eigenvalue weighted by molar-refractivity contribution is 6.32. The fourth-order valence-electron chi connectivity index (χ4n) is 1.69. The monoisotopic (exact) mass is 205 g/mol. The van der Waals surface area contributed by atoms with Crippen LogP contribution in [0.25, 0.3) is 0 Å². The Hall–Kier alpha value is -0.750. The molecule has 1 radical (unpaired) electrons. The number of rotatable bonds is 3. The van der Waals surface area contributed by atoms with Crippen molar-refractivity contribution in [3.63, 3.8) is 0 Å². The van der Waals surface area contributed by atoms with Gasteiger partial charge >= 0.3 is 0 Å². The van der Waals surface area contributed by atoms with Crippen molar-refractivity contribution in [2.45, 2.75) is 24.7 Å². The summed E-state index contributed by atoms with van der Waals surface area (Å²) >= 11 is 6.33. The molecular formula is C13H14Cl. The van der Waals surface area contributed by atoms with Gasteiger partial charge in [-0.1, -0.05) is 35.9 Å². The molecule has 14 heavy (non-hydrogen) atoms. The first kappa shape index (κ1) is 9.79. The lowest BCUT2D eigenvalue weighted by Gasteiger charge is -2.12. The van der Waals surface area contributed by atoms with Crippen LogP contribution in [0.5, 0.6) is 0 Å². The molecule has 0 amide bonds. The second-order valence-electron chi connectivity index (χ2n) is 3.87. The van der Waals surface area contributed by atoms with Gasteiger partial charge in [0.2, 0.25) is 0 Å². The smallest absolute Gasteiger partial charge is 0.0478 e. The van der Waals surface area contributed by atoms with Crippen molar-refractivity contribution in [3.8, 4) is 0 Å². The van der Waals surface area contributed by atoms with Crippen molar-refractivity contribution >= 4 is 11.6 Å². The van der Waals surface area contributed by atoms with E-state index in [1.807, 2.05) is 12.1 Å². The zero-order valence-electron chi connectivity index (χ0n) is 8.17. The standard InChI is InChI=1S/C13H14Cl/c1-3-9(2)11-5-4-6-12(13(11)14)10-7-8-10/h3-6,9-10H,1-2,7-8H2. The van der Waals surface area contributed by atoms with Crippen LogP contribution in [0, 0.1) is 6.92 Å². The molecule has 0 bridgehead atoms. The number of hydrogen-bond acceptors (Lipinski definition) is 0. The van der Waals surface area contributed by atoms with Crippen LogP contribution < -0.4 is 0 Å². The summed E-state index contributed by atoms with van der Waals surface area (Å²) in [6, 6.07) is 6.23. The average Bonchev–Trinajstić information content (AvgIpc) is 3.01. The molecule has 73 valence electrons. The molecule has 0 N–H and O–H groups in total. The quantitative estimate of drug-likeness (QED) is 0.645. The lowest BCUT2D eigenvalue weighted by atomic mass is 9.97. The molecule has 0 heterocycles. The second-order valence-corrected chi connectivity index (χ2v) is 4.24. The highest BCUT2D eigenvalue weighted by atomic mass is 35.5. The van der Waals surface area contributed by atoms with Crippen LogP contribution in [0.3, 0.4) is 0 Å². The third-order valence-electron chi connectivity index (χ3n) is 2.76. The maximum Gasteiger partial charge on any atom is 0.0478 e. The topological polar surface area (TPSA) is 0 Å². The molecular weight excluding hydrogens is 192 g/mol. The van der Waals surface area contributed by atoms with E-state index in [1.165, 1.54) is 18.4 Å². The van der Waals surface area contributed by atoms with Gasteiger partial charge in [-0.25, -0.2) is 0 Å². The summed E-state index contributed by atoms with van der Waals surface area (Å²) in [7, 11) is 0. The summed E-state index contributed by atoms with van der Waals surface area (Å²) < 4.78 is 0. The Bertz CT molecular complexity index is 350. The summed E-state index contributed by atoms with van der Waals surface area (Å²) in [5.41, 5.74) is 2.39. The van der Waals surface area contributed by atoms with Gasteiger partial charge in [-0.2, -0.15) is 0 Å². The fourth-order valence-corrected chi connectivity index (χ4v) is 2.11. The van der Waals surface area contributed by atoms with Crippen LogP contribution in [-0.4, -0.2) is 0 Å². The first-order chi connectivity index (χ1) is 6.74. The summed E-state index contributed by atoms with van der Waals surface area (Å²) in [5.74, 6) is 0.792. The van der Waals surface area contributed by atoms with Gasteiger partial charge in [0, 0.05) is 10.9 Å². The van der Waals surface area contributed by atoms with Crippen LogP contribution in [0.4, 0.5) is 0 Å². The Kier molecular flexibility index (Phi) is 2.64. The highest BCUT2D eigenvalue weighted by Crippen LogP contribution is 2.44. The molecule has 0 aliphatic heterocycles. The Balaban J connectivity index is 2.40. The van der Waals surface area contributed by atoms with E-state index >= 15 is 0 Å². The maximum atomic E-state index is 6.33. The summed E-state index contributed by atoms with van der Waals surface area (Å²) in [4.78, 5) is 0. The normalized spacial score (nSPS) is 17.9. The molecule has 1 aliphatic rings. The molecule has 1 aliphatic carbocycles. The Morgan fingerprint density at radius 1 is 1.43 bits per heavy atom. The molecule has 1 fully saturated rings. The molecule has 0 aromatic heterocycles. The third-order valence-corrected chi connectivity index (χ3v) is 3.20. The molecule has 1 aromatic rings. The van der Waals surface area contributed by atoms with Crippen LogP contribution in [0.2, 0.25) is 5.02 Å². The SMILES string of the molecule is [CH2]C(C=C)c1cccc(C2CC2)c1Cl. The van der Waals surface area contributed by atoms with Gasteiger partial charge < -0.3 is 0 Å². The van der Waals surface area contributed by atoms with E-state index < -0.39 is 0 Å². The zero-order chi connectivity index (χ0) is 10.1. The van der Waals surface area contributed by atoms with Gasteiger partial charge in [0.15, 0.2) is 0 Å². The van der Waals surface area contributed by atoms with E-state index in [0.29, 0.717) is 5.92 Å². The predicted octanol–water partition coefficient (Wildman–Crippen LogP) is 4.32. The van der Waals surface area contributed by atoms with Gasteiger partial charge in [-0.15, -0.1) is 6.58 Å². The number of halogens is 1. The van der Waals surface area contributed by atoms with E-state index in [4.69, 9.17) is 11.6 Å². The van der Waals surface area contributed by atoms with Gasteiger partial charge in [-0.3, -0.25) is 0 Å². The third kappa shape index (κ3) is 1.72. The fraction of sp³-hybridized carbons (Fsp3) is 0.308. The van der Waals surface area contributed by atoms with Gasteiger partial charge in [-0.05, 0) is 36.8 Å². The molecule has 1 atom stereocenters. The molecule has 1 saturated carbocycles. The van der Waals surface area contributed by atoms with Crippen molar-refractivity contribution in [1.29, 1.82) is 0 Å². The van der Waals surface area contributed by atoms with Crippen molar-refractivity contribution in [1.82, 2.24) is 0 Å². The van der Waals surface area contributed by atoms with E-state index in [1.54, 1.807) is 0 Å². The number of hydrogen-bond donors (Lipinski definition) is 0. The first-order valence-corrected chi connectivity index (χ1v) is 5.35. The Labute approximate surface area is 90.6 Å². The second kappa shape index (κ2) is 3.78. The van der Waals surface area contributed by atoms with E-state index in [9.17, 15) is 0 Å². The largest absolute Gasteiger partial charge is 0.102 e. The highest BCUT2D eigenvalue weighted by Gasteiger charge is 2.26. The molecule has 1 aromatic carbocycles. The van der Waals surface area contributed by atoms with Crippen molar-refractivity contribution in [2.24, 2.45) is 0 Å². The summed E-state index contributed by atoms with van der Waals surface area (Å²) in [6.07, 6.45) is 4.38. The Morgan fingerprint density at radius 3 is 2.71 bits per heavy atom. The van der Waals surface area contributed by atoms with E-state index in [2.05, 4.69) is 25.6 Å². The van der Waals surface area contributed by atoms with Crippen LogP contribution in [0.15, 0.2) is 30.9 Å². The van der Waals surface area contributed by atoms with Gasteiger partial charge in [0.25, 0.3) is 0 Å². The minimum Gasteiger partial charge on any atom is -0.102 e. The minimum atomic E-state index is 0.0983. The van der Waals surface area contributed by atoms with Crippen LogP contribution in [-0.2, 0) is 0 Å². The van der Waals surface area contributed by atoms with Gasteiger partial charge in [0.05, 0.1) is 0 Å². The zero-order valence-corrected chi connectivity index (χ0v) is 8.93. The predicted molar refractivity (Wildman–Crippen MR) is 61.7 cm³/mol. The molecule has 0 spiro atoms.